The van der Waals surface area contributed by atoms with Crippen LogP contribution in [0.2, 0.25) is 0 Å². The van der Waals surface area contributed by atoms with Crippen LogP contribution in [0.3, 0.4) is 0 Å². The molecule has 4 atom stereocenters. The van der Waals surface area contributed by atoms with Crippen molar-refractivity contribution in [1.82, 2.24) is 9.55 Å². The van der Waals surface area contributed by atoms with Crippen LogP contribution in [0.1, 0.15) is 6.23 Å². The second-order valence-corrected chi connectivity index (χ2v) is 3.79. The van der Waals surface area contributed by atoms with Crippen LogP contribution in [-0.2, 0) is 4.74 Å². The molecule has 94 valence electrons. The van der Waals surface area contributed by atoms with Crippen molar-refractivity contribution < 1.29 is 20.1 Å². The molecule has 0 aliphatic carbocycles. The molecule has 2 heterocycles. The Morgan fingerprint density at radius 3 is 2.65 bits per heavy atom. The Balaban J connectivity index is 2.34. The quantitative estimate of drug-likeness (QED) is 0.421. The lowest BCUT2D eigenvalue weighted by atomic mass is 10.0. The van der Waals surface area contributed by atoms with E-state index >= 15 is 0 Å². The summed E-state index contributed by atoms with van der Waals surface area (Å²) in [5.41, 5.74) is -1.33. The maximum absolute atomic E-state index is 11.4. The summed E-state index contributed by atoms with van der Waals surface area (Å²) in [6.07, 6.45) is -4.06. The van der Waals surface area contributed by atoms with Crippen molar-refractivity contribution in [1.29, 1.82) is 0 Å². The molecule has 1 aromatic heterocycles. The number of aliphatic hydroxyl groups is 3. The monoisotopic (exact) mass is 244 g/mol. The lowest BCUT2D eigenvalue weighted by Crippen LogP contribution is -2.52. The van der Waals surface area contributed by atoms with Crippen LogP contribution in [-0.4, -0.2) is 49.8 Å². The van der Waals surface area contributed by atoms with Crippen LogP contribution < -0.4 is 11.2 Å². The molecule has 1 aliphatic heterocycles. The van der Waals surface area contributed by atoms with Crippen molar-refractivity contribution >= 4 is 0 Å². The molecule has 1 saturated heterocycles. The van der Waals surface area contributed by atoms with Gasteiger partial charge in [-0.2, -0.15) is 0 Å². The third-order valence-corrected chi connectivity index (χ3v) is 2.60. The zero-order chi connectivity index (χ0) is 12.6. The second kappa shape index (κ2) is 4.41. The van der Waals surface area contributed by atoms with Crippen molar-refractivity contribution in [2.75, 3.05) is 6.61 Å². The first-order valence-electron chi connectivity index (χ1n) is 4.98. The molecule has 1 aliphatic rings. The minimum absolute atomic E-state index is 0.214. The van der Waals surface area contributed by atoms with Gasteiger partial charge in [-0.15, -0.1) is 0 Å². The van der Waals surface area contributed by atoms with Gasteiger partial charge in [-0.25, -0.2) is 4.79 Å². The summed E-state index contributed by atoms with van der Waals surface area (Å²) in [7, 11) is 0. The molecule has 1 aromatic rings. The van der Waals surface area contributed by atoms with Crippen molar-refractivity contribution in [3.8, 4) is 0 Å². The normalized spacial score (nSPS) is 33.6. The van der Waals surface area contributed by atoms with Gasteiger partial charge >= 0.3 is 5.69 Å². The van der Waals surface area contributed by atoms with Gasteiger partial charge in [0, 0.05) is 12.3 Å². The Bertz CT molecular complexity index is 509. The largest absolute Gasteiger partial charge is 0.388 e. The number of nitrogens with one attached hydrogen (secondary N) is 1. The van der Waals surface area contributed by atoms with E-state index in [1.165, 1.54) is 0 Å². The SMILES string of the molecule is O=c1ccn([C@@H]2OC[C@H](O)[C@H](O)[C@H]2O)c(=O)[nH]1. The Morgan fingerprint density at radius 1 is 1.29 bits per heavy atom. The van der Waals surface area contributed by atoms with Gasteiger partial charge in [0.1, 0.15) is 18.3 Å². The van der Waals surface area contributed by atoms with Gasteiger partial charge in [0.25, 0.3) is 5.56 Å². The summed E-state index contributed by atoms with van der Waals surface area (Å²) in [6.45, 7) is -0.214. The fourth-order valence-electron chi connectivity index (χ4n) is 1.66. The Labute approximate surface area is 94.7 Å². The molecule has 4 N–H and O–H groups in total. The van der Waals surface area contributed by atoms with E-state index in [1.807, 2.05) is 4.98 Å². The Hall–Kier alpha value is -1.48. The maximum atomic E-state index is 11.4. The lowest BCUT2D eigenvalue weighted by molar-refractivity contribution is -0.212. The molecule has 0 radical (unpaired) electrons. The number of hydrogen-bond acceptors (Lipinski definition) is 6. The van der Waals surface area contributed by atoms with E-state index in [0.29, 0.717) is 0 Å². The molecular formula is C9H12N2O6. The molecule has 0 bridgehead atoms. The van der Waals surface area contributed by atoms with Gasteiger partial charge in [0.2, 0.25) is 0 Å². The molecule has 17 heavy (non-hydrogen) atoms. The first-order valence-corrected chi connectivity index (χ1v) is 4.98. The van der Waals surface area contributed by atoms with Gasteiger partial charge in [0.05, 0.1) is 6.61 Å². The highest BCUT2D eigenvalue weighted by Gasteiger charge is 2.38. The van der Waals surface area contributed by atoms with Crippen molar-refractivity contribution in [2.24, 2.45) is 0 Å². The summed E-state index contributed by atoms with van der Waals surface area (Å²) in [4.78, 5) is 24.3. The van der Waals surface area contributed by atoms with Crippen LogP contribution in [0.15, 0.2) is 21.9 Å². The summed E-state index contributed by atoms with van der Waals surface area (Å²) in [5, 5.41) is 28.4. The van der Waals surface area contributed by atoms with Crippen molar-refractivity contribution in [3.05, 3.63) is 33.1 Å². The highest BCUT2D eigenvalue weighted by atomic mass is 16.5. The predicted octanol–water partition coefficient (Wildman–Crippen LogP) is -2.85. The standard InChI is InChI=1S/C9H12N2O6/c12-4-3-17-8(7(15)6(4)14)11-2-1-5(13)10-9(11)16/h1-2,4,6-8,12,14-15H,3H2,(H,10,13,16)/t4-,6-,7+,8+/m0/s1. The Morgan fingerprint density at radius 2 is 2.00 bits per heavy atom. The van der Waals surface area contributed by atoms with E-state index in [9.17, 15) is 24.9 Å². The minimum atomic E-state index is -1.46. The van der Waals surface area contributed by atoms with Gasteiger partial charge in [0.15, 0.2) is 6.23 Å². The summed E-state index contributed by atoms with van der Waals surface area (Å²) in [6, 6.07) is 1.09. The highest BCUT2D eigenvalue weighted by molar-refractivity contribution is 4.90. The molecule has 1 fully saturated rings. The molecule has 0 aromatic carbocycles. The third-order valence-electron chi connectivity index (χ3n) is 2.60. The summed E-state index contributed by atoms with van der Waals surface area (Å²) in [5.74, 6) is 0. The molecule has 8 nitrogen and oxygen atoms in total. The van der Waals surface area contributed by atoms with E-state index in [1.54, 1.807) is 0 Å². The van der Waals surface area contributed by atoms with Gasteiger partial charge in [-0.3, -0.25) is 14.3 Å². The van der Waals surface area contributed by atoms with E-state index in [-0.39, 0.29) is 6.61 Å². The minimum Gasteiger partial charge on any atom is -0.388 e. The number of aromatic amines is 1. The molecular weight excluding hydrogens is 232 g/mol. The molecule has 0 spiro atoms. The molecule has 0 unspecified atom stereocenters. The summed E-state index contributed by atoms with van der Waals surface area (Å²) >= 11 is 0. The number of rotatable bonds is 1. The zero-order valence-electron chi connectivity index (χ0n) is 8.68. The van der Waals surface area contributed by atoms with E-state index in [4.69, 9.17) is 4.74 Å². The fraction of sp³-hybridized carbons (Fsp3) is 0.556. The van der Waals surface area contributed by atoms with E-state index in [0.717, 1.165) is 16.8 Å². The third kappa shape index (κ3) is 2.15. The van der Waals surface area contributed by atoms with Crippen molar-refractivity contribution in [2.45, 2.75) is 24.5 Å². The zero-order valence-corrected chi connectivity index (χ0v) is 8.68. The van der Waals surface area contributed by atoms with Crippen LogP contribution in [0, 0.1) is 0 Å². The number of ether oxygens (including phenoxy) is 1. The van der Waals surface area contributed by atoms with Crippen LogP contribution >= 0.6 is 0 Å². The number of nitrogens with zero attached hydrogens (tertiary/aromatic N) is 1. The molecule has 0 amide bonds. The number of H-pyrrole nitrogens is 1. The Kier molecular flexibility index (Phi) is 3.11. The summed E-state index contributed by atoms with van der Waals surface area (Å²) < 4.78 is 6.01. The van der Waals surface area contributed by atoms with Gasteiger partial charge in [-0.1, -0.05) is 0 Å². The first-order chi connectivity index (χ1) is 8.00. The average Bonchev–Trinajstić information content (AvgIpc) is 2.28. The second-order valence-electron chi connectivity index (χ2n) is 3.79. The average molecular weight is 244 g/mol. The smallest absolute Gasteiger partial charge is 0.330 e. The molecule has 0 saturated carbocycles. The van der Waals surface area contributed by atoms with Crippen LogP contribution in [0.5, 0.6) is 0 Å². The number of aliphatic hydroxyl groups excluding tert-OH is 3. The van der Waals surface area contributed by atoms with Crippen LogP contribution in [0.25, 0.3) is 0 Å². The topological polar surface area (TPSA) is 125 Å². The fourth-order valence-corrected chi connectivity index (χ4v) is 1.66. The molecule has 8 heteroatoms. The van der Waals surface area contributed by atoms with Crippen molar-refractivity contribution in [3.63, 3.8) is 0 Å². The highest BCUT2D eigenvalue weighted by Crippen LogP contribution is 2.22. The van der Waals surface area contributed by atoms with Gasteiger partial charge < -0.3 is 20.1 Å². The lowest BCUT2D eigenvalue weighted by Gasteiger charge is -2.35. The van der Waals surface area contributed by atoms with E-state index < -0.39 is 35.8 Å². The number of hydrogen-bond donors (Lipinski definition) is 4. The molecule has 2 rings (SSSR count). The van der Waals surface area contributed by atoms with E-state index in [2.05, 4.69) is 0 Å². The van der Waals surface area contributed by atoms with Gasteiger partial charge in [-0.05, 0) is 0 Å². The first kappa shape index (κ1) is 12.0. The predicted molar refractivity (Wildman–Crippen MR) is 54.3 cm³/mol. The maximum Gasteiger partial charge on any atom is 0.330 e. The number of aromatic nitrogens is 2. The van der Waals surface area contributed by atoms with Crippen LogP contribution in [0.4, 0.5) is 0 Å².